The van der Waals surface area contributed by atoms with Crippen LogP contribution in [0.2, 0.25) is 0 Å². The fourth-order valence-corrected chi connectivity index (χ4v) is 15.6. The number of furan rings is 4. The average molecular weight is 1450 g/mol. The molecule has 12 heteroatoms. The molecule has 16 aromatic rings. The maximum atomic E-state index is 8.58. The fourth-order valence-electron chi connectivity index (χ4n) is 15.6. The molecular formula is C96H104N8O4+4. The van der Waals surface area contributed by atoms with Crippen LogP contribution in [0.5, 0.6) is 0 Å². The van der Waals surface area contributed by atoms with Gasteiger partial charge in [-0.3, -0.25) is 0 Å². The summed E-state index contributed by atoms with van der Waals surface area (Å²) in [6.07, 6.45) is 8.54. The molecular weight excluding hydrogens is 1330 g/mol. The lowest BCUT2D eigenvalue weighted by molar-refractivity contribution is -0.672. The number of hydrogen-bond donors (Lipinski definition) is 0. The van der Waals surface area contributed by atoms with E-state index in [0.717, 1.165) is 179 Å². The van der Waals surface area contributed by atoms with Gasteiger partial charge in [-0.05, 0) is 184 Å². The van der Waals surface area contributed by atoms with Crippen molar-refractivity contribution in [2.45, 2.75) is 200 Å². The van der Waals surface area contributed by atoms with Crippen molar-refractivity contribution in [1.82, 2.24) is 19.9 Å². The van der Waals surface area contributed by atoms with Crippen LogP contribution in [0.3, 0.4) is 0 Å². The van der Waals surface area contributed by atoms with E-state index in [-0.39, 0.29) is 23.0 Å². The highest BCUT2D eigenvalue weighted by molar-refractivity contribution is 6.12. The van der Waals surface area contributed by atoms with E-state index in [1.807, 2.05) is 128 Å². The lowest BCUT2D eigenvalue weighted by atomic mass is 9.94. The zero-order valence-electron chi connectivity index (χ0n) is 79.2. The van der Waals surface area contributed by atoms with Crippen LogP contribution < -0.4 is 18.3 Å². The first-order chi connectivity index (χ1) is 57.1. The van der Waals surface area contributed by atoms with Crippen LogP contribution in [0.25, 0.3) is 133 Å². The van der Waals surface area contributed by atoms with Crippen molar-refractivity contribution >= 4 is 88.3 Å². The third kappa shape index (κ3) is 12.8. The molecule has 548 valence electrons. The summed E-state index contributed by atoms with van der Waals surface area (Å²) in [5.74, 6) is -1.28. The molecule has 0 saturated carbocycles. The zero-order valence-corrected chi connectivity index (χ0v) is 65.2. The summed E-state index contributed by atoms with van der Waals surface area (Å²) in [6, 6.07) is 40.8. The minimum absolute atomic E-state index is 0.0873. The Labute approximate surface area is 654 Å². The molecule has 18 rings (SSSR count). The number of nitrogens with zero attached hydrogens (tertiary/aromatic N) is 8. The summed E-state index contributed by atoms with van der Waals surface area (Å²) >= 11 is 0. The summed E-state index contributed by atoms with van der Waals surface area (Å²) < 4.78 is 146. The Morgan fingerprint density at radius 2 is 0.667 bits per heavy atom. The predicted molar refractivity (Wildman–Crippen MR) is 440 cm³/mol. The van der Waals surface area contributed by atoms with E-state index < -0.39 is 39.2 Å². The molecule has 12 aromatic heterocycles. The van der Waals surface area contributed by atoms with Crippen LogP contribution in [0.4, 0.5) is 0 Å². The van der Waals surface area contributed by atoms with Crippen LogP contribution in [0, 0.1) is 41.3 Å². The van der Waals surface area contributed by atoms with Crippen molar-refractivity contribution in [2.75, 3.05) is 0 Å². The highest BCUT2D eigenvalue weighted by Gasteiger charge is 2.35. The van der Waals surface area contributed by atoms with Gasteiger partial charge in [-0.25, -0.2) is 29.1 Å². The maximum absolute atomic E-state index is 8.58. The lowest BCUT2D eigenvalue weighted by Crippen LogP contribution is -2.32. The quantitative estimate of drug-likeness (QED) is 0.124. The summed E-state index contributed by atoms with van der Waals surface area (Å²) in [5, 5.41) is 7.97. The van der Waals surface area contributed by atoms with E-state index in [0.29, 0.717) is 70.0 Å². The van der Waals surface area contributed by atoms with E-state index in [1.165, 1.54) is 0 Å². The molecule has 4 aromatic carbocycles. The number of rotatable bonds is 10. The van der Waals surface area contributed by atoms with Gasteiger partial charge in [0.1, 0.15) is 14.1 Å². The molecule has 0 N–H and O–H groups in total. The number of benzene rings is 4. The highest BCUT2D eigenvalue weighted by atomic mass is 16.4. The normalized spacial score (nSPS) is 15.1. The topological polar surface area (TPSA) is 120 Å². The molecule has 0 aliphatic carbocycles. The summed E-state index contributed by atoms with van der Waals surface area (Å²) in [7, 11) is 3.72. The standard InChI is InChI=1S/2C24H25N2O.2C24H27N2O/c2*1-13(2)19-10-21-22-16(12-26(21)11-15(19)5)6-7-17-18-8-9-20(14(3)4)25-24(18)27-23(17)22;2*1-7-17-9-11-19-18-10-8-15(4)22(23(18)27-24(19)25-17)21-12-20(14(2)3)16(5)13-26(21)6/h2*6-11,13-14H,12H2,1-5H3;2*8-14H,7H2,1-6H3/q4*+1/i5D3,13D;5D3;5D3,14D;5D3. The monoisotopic (exact) mass is 1450 g/mol. The van der Waals surface area contributed by atoms with Gasteiger partial charge in [0.15, 0.2) is 60.2 Å². The van der Waals surface area contributed by atoms with E-state index in [2.05, 4.69) is 119 Å². The first-order valence-electron chi connectivity index (χ1n) is 44.7. The van der Waals surface area contributed by atoms with Crippen molar-refractivity contribution in [2.24, 2.45) is 14.1 Å². The molecule has 2 aliphatic rings. The fraction of sp³-hybridized carbons (Fsp3) is 0.333. The number of hydrogen-bond acceptors (Lipinski definition) is 8. The van der Waals surface area contributed by atoms with Gasteiger partial charge in [-0.2, -0.15) is 9.13 Å². The van der Waals surface area contributed by atoms with Crippen LogP contribution in [0.1, 0.15) is 241 Å². The Morgan fingerprint density at radius 1 is 0.352 bits per heavy atom. The smallest absolute Gasteiger partial charge is 0.227 e. The maximum Gasteiger partial charge on any atom is 0.227 e. The van der Waals surface area contributed by atoms with Gasteiger partial charge in [-0.1, -0.05) is 133 Å². The number of pyridine rings is 8. The SMILES string of the molecule is [2H]C([2H])([2H])c1c[n+](C)c(-c2c(C)ccc3c2oc2nc(CC)ccc23)cc1C(C)C.[2H]C([2H])([2H])c1c[n+](C)c(-c2c(C)ccc3c2oc2nc(CC)ccc23)cc1C([2H])(C)C.[2H]C([2H])([2H])c1c[n+]2c(cc1C(C)C)-c1c(ccc3c1oc1nc(C(C)C)ccc13)C2.[2H]C([2H])([2H])c1c[n+]2c(cc1C([2H])(C)C)-c1c(ccc3c1oc1nc(C(C)C)ccc13)C2. The summed E-state index contributed by atoms with van der Waals surface area (Å²) in [5.41, 5.74) is 25.3. The molecule has 0 saturated heterocycles. The minimum Gasteiger partial charge on any atom is -0.437 e. The second-order valence-corrected chi connectivity index (χ2v) is 30.9. The summed E-state index contributed by atoms with van der Waals surface area (Å²) in [6.45, 7) is 24.0. The number of aryl methyl sites for hydroxylation is 10. The van der Waals surface area contributed by atoms with Crippen molar-refractivity contribution in [1.29, 1.82) is 0 Å². The van der Waals surface area contributed by atoms with Gasteiger partial charge in [0.05, 0.1) is 22.3 Å². The van der Waals surface area contributed by atoms with Crippen LogP contribution >= 0.6 is 0 Å². The van der Waals surface area contributed by atoms with Gasteiger partial charge in [-0.15, -0.1) is 0 Å². The third-order valence-electron chi connectivity index (χ3n) is 21.7. The molecule has 0 amide bonds. The van der Waals surface area contributed by atoms with Crippen molar-refractivity contribution in [3.8, 4) is 45.0 Å². The van der Waals surface area contributed by atoms with E-state index >= 15 is 0 Å². The van der Waals surface area contributed by atoms with Crippen LogP contribution in [-0.2, 0) is 40.0 Å². The van der Waals surface area contributed by atoms with Gasteiger partial charge < -0.3 is 17.7 Å². The number of aromatic nitrogens is 8. The average Bonchev–Trinajstić information content (AvgIpc) is 1.56. The van der Waals surface area contributed by atoms with Crippen LogP contribution in [0.15, 0.2) is 164 Å². The van der Waals surface area contributed by atoms with Crippen LogP contribution in [-0.4, -0.2) is 19.9 Å². The number of fused-ring (bicyclic) bond motifs is 20. The van der Waals surface area contributed by atoms with Crippen molar-refractivity contribution in [3.05, 3.63) is 236 Å². The molecule has 0 unspecified atom stereocenters. The zero-order chi connectivity index (χ0) is 88.2. The molecule has 108 heavy (non-hydrogen) atoms. The van der Waals surface area contributed by atoms with Crippen molar-refractivity contribution in [3.63, 3.8) is 0 Å². The molecule has 0 atom stereocenters. The lowest BCUT2D eigenvalue weighted by Gasteiger charge is -2.12. The minimum atomic E-state index is -2.30. The largest absolute Gasteiger partial charge is 0.437 e. The van der Waals surface area contributed by atoms with Crippen molar-refractivity contribution < 1.29 is 55.1 Å². The molecule has 0 fully saturated rings. The van der Waals surface area contributed by atoms with E-state index in [4.69, 9.17) is 46.8 Å². The first-order valence-corrected chi connectivity index (χ1v) is 37.7. The molecule has 12 nitrogen and oxygen atoms in total. The second-order valence-electron chi connectivity index (χ2n) is 30.9. The molecule has 0 radical (unpaired) electrons. The Kier molecular flexibility index (Phi) is 15.1. The Hall–Kier alpha value is -10.7. The molecule has 2 aliphatic heterocycles. The molecule has 14 heterocycles. The third-order valence-corrected chi connectivity index (χ3v) is 21.7. The van der Waals surface area contributed by atoms with E-state index in [1.54, 1.807) is 52.5 Å². The second kappa shape index (κ2) is 28.4. The van der Waals surface area contributed by atoms with Gasteiger partial charge in [0, 0.05) is 143 Å². The molecule has 0 bridgehead atoms. The Morgan fingerprint density at radius 3 is 1.04 bits per heavy atom. The van der Waals surface area contributed by atoms with Gasteiger partial charge in [0.2, 0.25) is 45.6 Å². The Balaban J connectivity index is 0.000000126. The highest BCUT2D eigenvalue weighted by Crippen LogP contribution is 2.45. The first kappa shape index (κ1) is 57.5. The van der Waals surface area contributed by atoms with Gasteiger partial charge >= 0.3 is 0 Å². The Bertz CT molecular complexity index is 6900. The summed E-state index contributed by atoms with van der Waals surface area (Å²) in [4.78, 5) is 18.8. The van der Waals surface area contributed by atoms with E-state index in [9.17, 15) is 0 Å². The predicted octanol–water partition coefficient (Wildman–Crippen LogP) is 23.3. The van der Waals surface area contributed by atoms with Gasteiger partial charge in [0.25, 0.3) is 0 Å². The molecule has 0 spiro atoms.